The van der Waals surface area contributed by atoms with Crippen LogP contribution in [0.15, 0.2) is 30.6 Å². The Labute approximate surface area is 184 Å². The van der Waals surface area contributed by atoms with E-state index in [-0.39, 0.29) is 17.8 Å². The van der Waals surface area contributed by atoms with Gasteiger partial charge < -0.3 is 19.4 Å². The minimum absolute atomic E-state index is 0.00257. The van der Waals surface area contributed by atoms with E-state index in [4.69, 9.17) is 9.47 Å². The summed E-state index contributed by atoms with van der Waals surface area (Å²) in [6, 6.07) is 6.57. The molecule has 0 fully saturated rings. The first-order valence-corrected chi connectivity index (χ1v) is 14.2. The van der Waals surface area contributed by atoms with Gasteiger partial charge in [-0.05, 0) is 32.9 Å². The van der Waals surface area contributed by atoms with Crippen molar-refractivity contribution >= 4 is 25.1 Å². The first-order valence-electron chi connectivity index (χ1n) is 10.5. The molecule has 0 atom stereocenters. The largest absolute Gasteiger partial charge is 0.419 e. The van der Waals surface area contributed by atoms with E-state index >= 15 is 0 Å². The van der Waals surface area contributed by atoms with Crippen molar-refractivity contribution in [1.29, 1.82) is 0 Å². The van der Waals surface area contributed by atoms with Crippen LogP contribution >= 0.6 is 0 Å². The molecule has 0 aromatic carbocycles. The van der Waals surface area contributed by atoms with E-state index in [0.29, 0.717) is 35.9 Å². The van der Waals surface area contributed by atoms with Gasteiger partial charge in [-0.2, -0.15) is 0 Å². The van der Waals surface area contributed by atoms with Crippen molar-refractivity contribution in [3.8, 4) is 11.8 Å². The maximum atomic E-state index is 12.8. The average Bonchev–Trinajstić information content (AvgIpc) is 3.02. The molecular formula is C22H31N5O3Si. The van der Waals surface area contributed by atoms with Gasteiger partial charge in [-0.1, -0.05) is 25.7 Å². The molecule has 3 aromatic heterocycles. The van der Waals surface area contributed by atoms with Crippen LogP contribution in [0.3, 0.4) is 0 Å². The van der Waals surface area contributed by atoms with Gasteiger partial charge in [-0.3, -0.25) is 4.79 Å². The number of amides is 1. The highest BCUT2D eigenvalue weighted by Crippen LogP contribution is 2.23. The summed E-state index contributed by atoms with van der Waals surface area (Å²) in [5.74, 6) is 0.499. The fourth-order valence-corrected chi connectivity index (χ4v) is 3.67. The van der Waals surface area contributed by atoms with Crippen molar-refractivity contribution in [2.24, 2.45) is 0 Å². The molecule has 3 rings (SSSR count). The Kier molecular flexibility index (Phi) is 7.07. The molecule has 0 bridgehead atoms. The minimum atomic E-state index is -1.18. The zero-order chi connectivity index (χ0) is 22.6. The lowest BCUT2D eigenvalue weighted by Gasteiger charge is -2.15. The van der Waals surface area contributed by atoms with Gasteiger partial charge in [-0.15, -0.1) is 0 Å². The highest BCUT2D eigenvalue weighted by molar-refractivity contribution is 6.76. The van der Waals surface area contributed by atoms with Crippen molar-refractivity contribution in [3.05, 3.63) is 41.9 Å². The standard InChI is InChI=1S/C22H31N5O3Si/c1-15(2)24-22(28)17-13-27(14-29-10-11-31(4,5)6)21-20(17)26-19(12-23-21)30-18-9-7-8-16(3)25-18/h7-9,12-13,15H,10-11,14H2,1-6H3,(H,24,28). The third-order valence-electron chi connectivity index (χ3n) is 4.51. The molecular weight excluding hydrogens is 410 g/mol. The monoisotopic (exact) mass is 441 g/mol. The van der Waals surface area contributed by atoms with Crippen LogP contribution in [0.2, 0.25) is 25.7 Å². The zero-order valence-corrected chi connectivity index (χ0v) is 20.1. The molecule has 9 heteroatoms. The number of carbonyl (C=O) groups is 1. The number of rotatable bonds is 9. The highest BCUT2D eigenvalue weighted by atomic mass is 28.3. The van der Waals surface area contributed by atoms with Crippen LogP contribution in [0.5, 0.6) is 11.8 Å². The number of aryl methyl sites for hydroxylation is 1. The number of nitrogens with zero attached hydrogens (tertiary/aromatic N) is 4. The molecule has 0 saturated heterocycles. The number of pyridine rings is 1. The molecule has 8 nitrogen and oxygen atoms in total. The van der Waals surface area contributed by atoms with Crippen molar-refractivity contribution < 1.29 is 14.3 Å². The number of fused-ring (bicyclic) bond motifs is 1. The van der Waals surface area contributed by atoms with E-state index in [0.717, 1.165) is 11.7 Å². The van der Waals surface area contributed by atoms with E-state index in [9.17, 15) is 4.79 Å². The van der Waals surface area contributed by atoms with Crippen molar-refractivity contribution in [3.63, 3.8) is 0 Å². The fourth-order valence-electron chi connectivity index (χ4n) is 2.91. The molecule has 0 aliphatic carbocycles. The van der Waals surface area contributed by atoms with E-state index in [1.807, 2.05) is 37.5 Å². The third-order valence-corrected chi connectivity index (χ3v) is 6.21. The van der Waals surface area contributed by atoms with Crippen LogP contribution in [0.1, 0.15) is 29.9 Å². The summed E-state index contributed by atoms with van der Waals surface area (Å²) >= 11 is 0. The van der Waals surface area contributed by atoms with E-state index in [1.54, 1.807) is 12.3 Å². The fraction of sp³-hybridized carbons (Fsp3) is 0.455. The smallest absolute Gasteiger partial charge is 0.255 e. The molecule has 3 heterocycles. The third kappa shape index (κ3) is 6.35. The van der Waals surface area contributed by atoms with E-state index in [1.165, 1.54) is 6.20 Å². The van der Waals surface area contributed by atoms with Gasteiger partial charge in [0.2, 0.25) is 11.8 Å². The number of ether oxygens (including phenoxy) is 2. The first-order chi connectivity index (χ1) is 14.6. The average molecular weight is 442 g/mol. The van der Waals surface area contributed by atoms with Crippen molar-refractivity contribution in [2.75, 3.05) is 6.61 Å². The Hall–Kier alpha value is -2.78. The summed E-state index contributed by atoms with van der Waals surface area (Å²) in [4.78, 5) is 26.2. The van der Waals surface area contributed by atoms with Crippen LogP contribution < -0.4 is 10.1 Å². The van der Waals surface area contributed by atoms with Gasteiger partial charge in [0.05, 0.1) is 11.8 Å². The van der Waals surface area contributed by atoms with Crippen molar-refractivity contribution in [2.45, 2.75) is 59.2 Å². The molecule has 0 aliphatic heterocycles. The minimum Gasteiger partial charge on any atom is -0.419 e. The quantitative estimate of drug-likeness (QED) is 0.391. The predicted molar refractivity (Wildman–Crippen MR) is 123 cm³/mol. The molecule has 1 N–H and O–H groups in total. The Morgan fingerprint density at radius 2 is 1.97 bits per heavy atom. The number of nitrogens with one attached hydrogen (secondary N) is 1. The summed E-state index contributed by atoms with van der Waals surface area (Å²) in [6.07, 6.45) is 3.28. The van der Waals surface area contributed by atoms with Gasteiger partial charge in [0.25, 0.3) is 5.91 Å². The molecule has 0 aliphatic rings. The predicted octanol–water partition coefficient (Wildman–Crippen LogP) is 4.38. The lowest BCUT2D eigenvalue weighted by molar-refractivity contribution is 0.0890. The van der Waals surface area contributed by atoms with Crippen LogP contribution in [-0.4, -0.2) is 46.1 Å². The number of hydrogen-bond acceptors (Lipinski definition) is 6. The summed E-state index contributed by atoms with van der Waals surface area (Å²) in [5.41, 5.74) is 2.32. The Morgan fingerprint density at radius 3 is 2.65 bits per heavy atom. The lowest BCUT2D eigenvalue weighted by atomic mass is 10.2. The number of hydrogen-bond donors (Lipinski definition) is 1. The van der Waals surface area contributed by atoms with Crippen LogP contribution in [0, 0.1) is 6.92 Å². The zero-order valence-electron chi connectivity index (χ0n) is 19.1. The molecule has 3 aromatic rings. The van der Waals surface area contributed by atoms with Gasteiger partial charge >= 0.3 is 0 Å². The summed E-state index contributed by atoms with van der Waals surface area (Å²) in [5, 5.41) is 2.92. The molecule has 31 heavy (non-hydrogen) atoms. The summed E-state index contributed by atoms with van der Waals surface area (Å²) in [6.45, 7) is 13.6. The Morgan fingerprint density at radius 1 is 1.19 bits per heavy atom. The molecule has 0 saturated carbocycles. The topological polar surface area (TPSA) is 91.2 Å². The molecule has 166 valence electrons. The number of carbonyl (C=O) groups excluding carboxylic acids is 1. The second kappa shape index (κ2) is 9.57. The van der Waals surface area contributed by atoms with Crippen molar-refractivity contribution in [1.82, 2.24) is 24.8 Å². The Balaban J connectivity index is 1.89. The van der Waals surface area contributed by atoms with Gasteiger partial charge in [0.15, 0.2) is 5.65 Å². The summed E-state index contributed by atoms with van der Waals surface area (Å²) in [7, 11) is -1.18. The summed E-state index contributed by atoms with van der Waals surface area (Å²) < 4.78 is 13.5. The Bertz CT molecular complexity index is 1060. The van der Waals surface area contributed by atoms with Gasteiger partial charge in [0, 0.05) is 38.7 Å². The van der Waals surface area contributed by atoms with E-state index in [2.05, 4.69) is 39.9 Å². The highest BCUT2D eigenvalue weighted by Gasteiger charge is 2.20. The normalized spacial score (nSPS) is 11.8. The maximum Gasteiger partial charge on any atom is 0.255 e. The maximum absolute atomic E-state index is 12.8. The number of aromatic nitrogens is 4. The van der Waals surface area contributed by atoms with E-state index < -0.39 is 8.07 Å². The lowest BCUT2D eigenvalue weighted by Crippen LogP contribution is -2.30. The molecule has 0 radical (unpaired) electrons. The van der Waals surface area contributed by atoms with Crippen LogP contribution in [0.4, 0.5) is 0 Å². The molecule has 0 unspecified atom stereocenters. The second-order valence-electron chi connectivity index (χ2n) is 9.09. The van der Waals surface area contributed by atoms with Crippen LogP contribution in [-0.2, 0) is 11.5 Å². The SMILES string of the molecule is Cc1cccc(Oc2cnc3c(n2)c(C(=O)NC(C)C)cn3COCC[Si](C)(C)C)n1. The second-order valence-corrected chi connectivity index (χ2v) is 14.7. The first kappa shape index (κ1) is 22.9. The van der Waals surface area contributed by atoms with Gasteiger partial charge in [-0.25, -0.2) is 15.0 Å². The molecule has 0 spiro atoms. The van der Waals surface area contributed by atoms with Crippen LogP contribution in [0.25, 0.3) is 11.2 Å². The van der Waals surface area contributed by atoms with Gasteiger partial charge in [0.1, 0.15) is 12.2 Å². The molecule has 1 amide bonds.